The van der Waals surface area contributed by atoms with Gasteiger partial charge in [-0.05, 0) is 145 Å². The van der Waals surface area contributed by atoms with E-state index in [-0.39, 0.29) is 28.4 Å². The fourth-order valence-corrected chi connectivity index (χ4v) is 13.6. The molecule has 0 saturated carbocycles. The van der Waals surface area contributed by atoms with E-state index in [1.54, 1.807) is 0 Å². The van der Waals surface area contributed by atoms with E-state index in [0.29, 0.717) is 0 Å². The number of hydrogen-bond acceptors (Lipinski definition) is 4. The lowest BCUT2D eigenvalue weighted by molar-refractivity contribution is 0.589. The molecule has 3 aliphatic heterocycles. The number of nitrogens with zero attached hydrogens (tertiary/aromatic N) is 3. The second-order valence-electron chi connectivity index (χ2n) is 25.1. The van der Waals surface area contributed by atoms with Crippen LogP contribution >= 0.6 is 11.3 Å². The molecule has 72 heavy (non-hydrogen) atoms. The first-order valence-corrected chi connectivity index (χ1v) is 26.7. The molecule has 354 valence electrons. The van der Waals surface area contributed by atoms with E-state index in [9.17, 15) is 0 Å². The molecule has 0 amide bonds. The molecule has 0 bridgehead atoms. The Kier molecular flexibility index (Phi) is 8.72. The standard InChI is InChI=1S/C66H60BN3OS/c1-63(2,3)39-23-25-50-45(29-39)47-30-40(64(4,5)6)34-53-59(47)69(50)54-35-41(65(7,8)9)31-49-61(54)70(53)52-33-42(66(10,11)12)32-51-58(52)67(49)62-60(48-28-38(22-27-57(48)72-62)37-18-14-13-15-19-37)68(51)43-24-26-56-46(36-43)44-20-16-17-21-55(44)71-56/h13-36H,1-12H3. The molecule has 0 saturated heterocycles. The summed E-state index contributed by atoms with van der Waals surface area (Å²) in [5.74, 6) is 0. The van der Waals surface area contributed by atoms with Gasteiger partial charge in [0.15, 0.2) is 0 Å². The number of benzene rings is 8. The molecule has 3 aliphatic rings. The summed E-state index contributed by atoms with van der Waals surface area (Å²) in [5.41, 5.74) is 23.2. The number of para-hydroxylation sites is 1. The summed E-state index contributed by atoms with van der Waals surface area (Å²) in [6.07, 6.45) is 0. The predicted molar refractivity (Wildman–Crippen MR) is 311 cm³/mol. The summed E-state index contributed by atoms with van der Waals surface area (Å²) in [4.78, 5) is 5.37. The molecule has 4 nitrogen and oxygen atoms in total. The van der Waals surface area contributed by atoms with Crippen molar-refractivity contribution in [1.82, 2.24) is 4.57 Å². The Morgan fingerprint density at radius 1 is 0.431 bits per heavy atom. The lowest BCUT2D eigenvalue weighted by atomic mass is 9.35. The van der Waals surface area contributed by atoms with E-state index in [1.165, 1.54) is 115 Å². The maximum Gasteiger partial charge on any atom is 0.264 e. The van der Waals surface area contributed by atoms with E-state index in [2.05, 4.69) is 243 Å². The minimum atomic E-state index is -0.162. The fraction of sp³-hybridized carbons (Fsp3) is 0.242. The van der Waals surface area contributed by atoms with Crippen molar-refractivity contribution < 1.29 is 4.42 Å². The smallest absolute Gasteiger partial charge is 0.264 e. The first-order valence-electron chi connectivity index (χ1n) is 25.9. The number of furan rings is 1. The van der Waals surface area contributed by atoms with Crippen molar-refractivity contribution in [2.24, 2.45) is 0 Å². The normalized spacial score (nSPS) is 14.3. The molecule has 0 aliphatic carbocycles. The minimum absolute atomic E-state index is 0.00119. The monoisotopic (exact) mass is 953 g/mol. The van der Waals surface area contributed by atoms with Crippen molar-refractivity contribution in [3.8, 4) is 16.8 Å². The molecule has 0 atom stereocenters. The Hall–Kier alpha value is -7.02. The fourth-order valence-electron chi connectivity index (χ4n) is 12.3. The first-order chi connectivity index (χ1) is 34.2. The van der Waals surface area contributed by atoms with Crippen LogP contribution in [0.3, 0.4) is 0 Å². The Labute approximate surface area is 427 Å². The van der Waals surface area contributed by atoms with Gasteiger partial charge in [0.2, 0.25) is 0 Å². The molecule has 0 spiro atoms. The summed E-state index contributed by atoms with van der Waals surface area (Å²) in [5, 5.41) is 6.17. The highest BCUT2D eigenvalue weighted by atomic mass is 32.1. The van der Waals surface area contributed by atoms with Gasteiger partial charge in [0.25, 0.3) is 6.71 Å². The van der Waals surface area contributed by atoms with Crippen LogP contribution in [0.25, 0.3) is 70.6 Å². The largest absolute Gasteiger partial charge is 0.456 e. The van der Waals surface area contributed by atoms with Crippen molar-refractivity contribution in [3.05, 3.63) is 168 Å². The van der Waals surface area contributed by atoms with Crippen molar-refractivity contribution in [2.45, 2.75) is 105 Å². The van der Waals surface area contributed by atoms with Crippen molar-refractivity contribution in [3.63, 3.8) is 0 Å². The van der Waals surface area contributed by atoms with Crippen LogP contribution in [-0.4, -0.2) is 11.3 Å². The van der Waals surface area contributed by atoms with Gasteiger partial charge in [-0.15, -0.1) is 11.3 Å². The van der Waals surface area contributed by atoms with Gasteiger partial charge >= 0.3 is 0 Å². The highest BCUT2D eigenvalue weighted by molar-refractivity contribution is 7.33. The average molecular weight is 954 g/mol. The summed E-state index contributed by atoms with van der Waals surface area (Å²) in [6.45, 7) is 28.4. The summed E-state index contributed by atoms with van der Waals surface area (Å²) in [7, 11) is 0. The molecule has 3 aromatic heterocycles. The third kappa shape index (κ3) is 6.11. The SMILES string of the molecule is CC(C)(C)c1cc2c3c(c1)N1c4c(cc(C(C)(C)C)cc4-n4c5ccc(C(C)(C)C)cc5c5cc(C(C)(C)C)cc1c54)B3c1sc3ccc(-c4ccccc4)cc3c1N2c1ccc2oc3ccccc3c2c1. The molecule has 8 aromatic carbocycles. The highest BCUT2D eigenvalue weighted by Gasteiger charge is 2.49. The lowest BCUT2D eigenvalue weighted by Gasteiger charge is -2.46. The second kappa shape index (κ2) is 14.4. The second-order valence-corrected chi connectivity index (χ2v) is 26.2. The number of aromatic nitrogens is 1. The third-order valence-corrected chi connectivity index (χ3v) is 17.5. The van der Waals surface area contributed by atoms with E-state index >= 15 is 0 Å². The zero-order chi connectivity index (χ0) is 49.7. The van der Waals surface area contributed by atoms with E-state index < -0.39 is 0 Å². The van der Waals surface area contributed by atoms with Crippen LogP contribution in [-0.2, 0) is 21.7 Å². The van der Waals surface area contributed by atoms with Gasteiger partial charge in [-0.2, -0.15) is 0 Å². The summed E-state index contributed by atoms with van der Waals surface area (Å²) < 4.78 is 11.8. The number of thiophene rings is 1. The van der Waals surface area contributed by atoms with Gasteiger partial charge in [0, 0.05) is 53.5 Å². The van der Waals surface area contributed by atoms with Gasteiger partial charge in [-0.25, -0.2) is 0 Å². The molecule has 6 heteroatoms. The quantitative estimate of drug-likeness (QED) is 0.161. The number of hydrogen-bond donors (Lipinski definition) is 0. The molecule has 11 aromatic rings. The van der Waals surface area contributed by atoms with Crippen LogP contribution in [0.15, 0.2) is 150 Å². The Morgan fingerprint density at radius 3 is 1.79 bits per heavy atom. The maximum absolute atomic E-state index is 6.51. The molecule has 14 rings (SSSR count). The number of rotatable bonds is 2. The third-order valence-electron chi connectivity index (χ3n) is 16.2. The van der Waals surface area contributed by atoms with Gasteiger partial charge in [0.05, 0.1) is 33.8 Å². The van der Waals surface area contributed by atoms with Crippen LogP contribution in [0.5, 0.6) is 0 Å². The van der Waals surface area contributed by atoms with Gasteiger partial charge < -0.3 is 18.8 Å². The molecule has 0 fully saturated rings. The number of fused-ring (bicyclic) bond motifs is 14. The van der Waals surface area contributed by atoms with Gasteiger partial charge in [0.1, 0.15) is 11.2 Å². The maximum atomic E-state index is 6.51. The van der Waals surface area contributed by atoms with E-state index in [0.717, 1.165) is 27.6 Å². The highest BCUT2D eigenvalue weighted by Crippen LogP contribution is 2.56. The molecular formula is C66H60BN3OS. The molecular weight excluding hydrogens is 894 g/mol. The van der Waals surface area contributed by atoms with E-state index in [1.807, 2.05) is 11.3 Å². The van der Waals surface area contributed by atoms with E-state index in [4.69, 9.17) is 4.42 Å². The van der Waals surface area contributed by atoms with Crippen molar-refractivity contribution >= 4 is 122 Å². The lowest BCUT2D eigenvalue weighted by Crippen LogP contribution is -2.61. The average Bonchev–Trinajstić information content (AvgIpc) is 4.02. The van der Waals surface area contributed by atoms with Gasteiger partial charge in [-0.3, -0.25) is 0 Å². The van der Waals surface area contributed by atoms with Crippen LogP contribution < -0.4 is 25.5 Å². The minimum Gasteiger partial charge on any atom is -0.456 e. The Morgan fingerprint density at radius 2 is 1.06 bits per heavy atom. The van der Waals surface area contributed by atoms with Crippen LogP contribution in [0.1, 0.15) is 105 Å². The molecule has 6 heterocycles. The number of anilines is 6. The van der Waals surface area contributed by atoms with Crippen LogP contribution in [0.2, 0.25) is 0 Å². The zero-order valence-electron chi connectivity index (χ0n) is 43.6. The molecule has 0 radical (unpaired) electrons. The van der Waals surface area contributed by atoms with Crippen LogP contribution in [0.4, 0.5) is 34.1 Å². The van der Waals surface area contributed by atoms with Crippen LogP contribution in [0, 0.1) is 0 Å². The first kappa shape index (κ1) is 43.7. The van der Waals surface area contributed by atoms with Crippen molar-refractivity contribution in [2.75, 3.05) is 9.80 Å². The topological polar surface area (TPSA) is 24.6 Å². The molecule has 0 N–H and O–H groups in total. The summed E-state index contributed by atoms with van der Waals surface area (Å²) >= 11 is 1.98. The predicted octanol–water partition coefficient (Wildman–Crippen LogP) is 17.2. The van der Waals surface area contributed by atoms with Gasteiger partial charge in [-0.1, -0.05) is 150 Å². The summed E-state index contributed by atoms with van der Waals surface area (Å²) in [6, 6.07) is 56.0. The zero-order valence-corrected chi connectivity index (χ0v) is 44.4. The van der Waals surface area contributed by atoms with Crippen molar-refractivity contribution in [1.29, 1.82) is 0 Å². The Balaban J connectivity index is 1.17. The Bertz CT molecular complexity index is 4160. The molecule has 0 unspecified atom stereocenters.